The van der Waals surface area contributed by atoms with Gasteiger partial charge in [0, 0.05) is 20.0 Å². The second-order valence-electron chi connectivity index (χ2n) is 6.12. The summed E-state index contributed by atoms with van der Waals surface area (Å²) in [4.78, 5) is 25.0. The first-order chi connectivity index (χ1) is 9.49. The van der Waals surface area contributed by atoms with E-state index in [2.05, 4.69) is 0 Å². The van der Waals surface area contributed by atoms with Crippen molar-refractivity contribution in [3.63, 3.8) is 0 Å². The maximum atomic E-state index is 12.3. The summed E-state index contributed by atoms with van der Waals surface area (Å²) in [6, 6.07) is 0. The third-order valence-corrected chi connectivity index (χ3v) is 4.34. The first-order valence-corrected chi connectivity index (χ1v) is 7.65. The van der Waals surface area contributed by atoms with Gasteiger partial charge in [-0.25, -0.2) is 0 Å². The van der Waals surface area contributed by atoms with Gasteiger partial charge in [-0.1, -0.05) is 19.3 Å². The van der Waals surface area contributed by atoms with Crippen LogP contribution in [0.1, 0.15) is 57.8 Å². The van der Waals surface area contributed by atoms with Crippen molar-refractivity contribution in [3.05, 3.63) is 0 Å². The molecule has 0 heterocycles. The number of hydrogen-bond acceptors (Lipinski definition) is 3. The number of nitrogens with zero attached hydrogens (tertiary/aromatic N) is 1. The molecule has 1 rings (SSSR count). The van der Waals surface area contributed by atoms with Crippen LogP contribution in [0.3, 0.4) is 0 Å². The zero-order valence-electron chi connectivity index (χ0n) is 12.6. The van der Waals surface area contributed by atoms with Crippen molar-refractivity contribution in [3.8, 4) is 0 Å². The largest absolute Gasteiger partial charge is 0.481 e. The van der Waals surface area contributed by atoms with Crippen LogP contribution in [-0.4, -0.2) is 42.0 Å². The summed E-state index contributed by atoms with van der Waals surface area (Å²) in [5.41, 5.74) is 5.14. The molecule has 0 unspecified atom stereocenters. The van der Waals surface area contributed by atoms with E-state index in [1.165, 1.54) is 0 Å². The number of amides is 1. The minimum Gasteiger partial charge on any atom is -0.481 e. The Hall–Kier alpha value is -1.10. The highest BCUT2D eigenvalue weighted by Gasteiger charge is 2.38. The minimum atomic E-state index is -0.787. The molecule has 1 saturated carbocycles. The number of carbonyl (C=O) groups excluding carboxylic acids is 1. The Balaban J connectivity index is 2.43. The van der Waals surface area contributed by atoms with Crippen molar-refractivity contribution in [2.24, 2.45) is 11.1 Å². The summed E-state index contributed by atoms with van der Waals surface area (Å²) < 4.78 is 0. The second-order valence-corrected chi connectivity index (χ2v) is 6.12. The maximum Gasteiger partial charge on any atom is 0.303 e. The zero-order chi connectivity index (χ0) is 15.0. The minimum absolute atomic E-state index is 0.0842. The fourth-order valence-corrected chi connectivity index (χ4v) is 3.11. The number of nitrogens with two attached hydrogens (primary N) is 1. The van der Waals surface area contributed by atoms with Crippen LogP contribution < -0.4 is 5.73 Å². The lowest BCUT2D eigenvalue weighted by atomic mass is 9.79. The summed E-state index contributed by atoms with van der Waals surface area (Å²) in [6.45, 7) is 1.43. The van der Waals surface area contributed by atoms with E-state index in [-0.39, 0.29) is 17.7 Å². The third kappa shape index (κ3) is 5.49. The Morgan fingerprint density at radius 2 is 1.80 bits per heavy atom. The lowest BCUT2D eigenvalue weighted by Gasteiger charge is -2.29. The van der Waals surface area contributed by atoms with E-state index >= 15 is 0 Å². The smallest absolute Gasteiger partial charge is 0.303 e. The number of carbonyl (C=O) groups is 2. The van der Waals surface area contributed by atoms with Crippen LogP contribution in [-0.2, 0) is 9.59 Å². The van der Waals surface area contributed by atoms with Crippen LogP contribution in [0.25, 0.3) is 0 Å². The van der Waals surface area contributed by atoms with Gasteiger partial charge in [0.05, 0.1) is 6.42 Å². The third-order valence-electron chi connectivity index (χ3n) is 4.34. The number of hydrogen-bond donors (Lipinski definition) is 2. The van der Waals surface area contributed by atoms with Crippen molar-refractivity contribution in [1.82, 2.24) is 4.90 Å². The Labute approximate surface area is 121 Å². The highest BCUT2D eigenvalue weighted by molar-refractivity contribution is 5.78. The molecule has 0 atom stereocenters. The quantitative estimate of drug-likeness (QED) is 0.634. The van der Waals surface area contributed by atoms with Crippen molar-refractivity contribution < 1.29 is 14.7 Å². The van der Waals surface area contributed by atoms with E-state index in [0.717, 1.165) is 51.5 Å². The molecular formula is C15H28N2O3. The van der Waals surface area contributed by atoms with Gasteiger partial charge in [0.15, 0.2) is 0 Å². The monoisotopic (exact) mass is 284 g/mol. The van der Waals surface area contributed by atoms with Gasteiger partial charge < -0.3 is 15.7 Å². The van der Waals surface area contributed by atoms with Gasteiger partial charge in [-0.05, 0) is 37.6 Å². The number of rotatable bonds is 9. The molecule has 116 valence electrons. The molecule has 5 nitrogen and oxygen atoms in total. The van der Waals surface area contributed by atoms with E-state index in [1.807, 2.05) is 7.05 Å². The first kappa shape index (κ1) is 17.0. The van der Waals surface area contributed by atoms with Crippen molar-refractivity contribution >= 4 is 11.9 Å². The Morgan fingerprint density at radius 1 is 1.15 bits per heavy atom. The van der Waals surface area contributed by atoms with E-state index in [1.54, 1.807) is 4.90 Å². The highest BCUT2D eigenvalue weighted by atomic mass is 16.4. The highest BCUT2D eigenvalue weighted by Crippen LogP contribution is 2.44. The van der Waals surface area contributed by atoms with E-state index in [0.29, 0.717) is 13.0 Å². The number of aliphatic carboxylic acids is 1. The first-order valence-electron chi connectivity index (χ1n) is 7.65. The van der Waals surface area contributed by atoms with Gasteiger partial charge in [0.2, 0.25) is 5.91 Å². The number of carboxylic acids is 1. The fraction of sp³-hybridized carbons (Fsp3) is 0.867. The molecule has 0 saturated heterocycles. The molecule has 1 amide bonds. The molecule has 0 bridgehead atoms. The number of unbranched alkanes of at least 4 members (excludes halogenated alkanes) is 2. The zero-order valence-corrected chi connectivity index (χ0v) is 12.6. The molecule has 0 aromatic carbocycles. The van der Waals surface area contributed by atoms with Crippen LogP contribution in [0.15, 0.2) is 0 Å². The van der Waals surface area contributed by atoms with Crippen LogP contribution in [0.4, 0.5) is 0 Å². The van der Waals surface area contributed by atoms with Gasteiger partial charge in [-0.15, -0.1) is 0 Å². The van der Waals surface area contributed by atoms with Crippen molar-refractivity contribution in [2.45, 2.75) is 57.8 Å². The summed E-state index contributed by atoms with van der Waals surface area (Å²) in [7, 11) is 1.81. The molecule has 0 spiro atoms. The van der Waals surface area contributed by atoms with Crippen molar-refractivity contribution in [2.75, 3.05) is 20.1 Å². The van der Waals surface area contributed by atoms with Crippen LogP contribution in [0.2, 0.25) is 0 Å². The molecule has 0 aliphatic heterocycles. The molecule has 1 fully saturated rings. The Kier molecular flexibility index (Phi) is 6.99. The molecule has 3 N–H and O–H groups in total. The average Bonchev–Trinajstić information content (AvgIpc) is 2.81. The summed E-state index contributed by atoms with van der Waals surface area (Å²) in [5.74, 6) is -0.703. The van der Waals surface area contributed by atoms with Crippen molar-refractivity contribution in [1.29, 1.82) is 0 Å². The summed E-state index contributed by atoms with van der Waals surface area (Å²) in [5, 5.41) is 9.05. The SMILES string of the molecule is CN(CCCCCN)C(=O)CC1(CC(=O)O)CCCC1. The van der Waals surface area contributed by atoms with E-state index < -0.39 is 5.97 Å². The van der Waals surface area contributed by atoms with Gasteiger partial charge in [-0.3, -0.25) is 9.59 Å². The van der Waals surface area contributed by atoms with Gasteiger partial charge in [-0.2, -0.15) is 0 Å². The molecule has 0 radical (unpaired) electrons. The lowest BCUT2D eigenvalue weighted by Crippen LogP contribution is -2.34. The molecular weight excluding hydrogens is 256 g/mol. The normalized spacial score (nSPS) is 17.1. The average molecular weight is 284 g/mol. The Bertz CT molecular complexity index is 325. The molecule has 1 aliphatic carbocycles. The summed E-state index contributed by atoms with van der Waals surface area (Å²) >= 11 is 0. The van der Waals surface area contributed by atoms with Crippen LogP contribution >= 0.6 is 0 Å². The predicted octanol–water partition coefficient (Wildman–Crippen LogP) is 2.00. The lowest BCUT2D eigenvalue weighted by molar-refractivity contribution is -0.141. The molecule has 0 aromatic heterocycles. The molecule has 0 aromatic rings. The molecule has 1 aliphatic rings. The summed E-state index contributed by atoms with van der Waals surface area (Å²) in [6.07, 6.45) is 7.32. The van der Waals surface area contributed by atoms with Gasteiger partial charge in [0.25, 0.3) is 0 Å². The van der Waals surface area contributed by atoms with Crippen LogP contribution in [0, 0.1) is 5.41 Å². The predicted molar refractivity (Wildman–Crippen MR) is 78.3 cm³/mol. The topological polar surface area (TPSA) is 83.6 Å². The van der Waals surface area contributed by atoms with E-state index in [4.69, 9.17) is 10.8 Å². The van der Waals surface area contributed by atoms with E-state index in [9.17, 15) is 9.59 Å². The van der Waals surface area contributed by atoms with Gasteiger partial charge >= 0.3 is 5.97 Å². The molecule has 5 heteroatoms. The Morgan fingerprint density at radius 3 is 2.35 bits per heavy atom. The van der Waals surface area contributed by atoms with Crippen LogP contribution in [0.5, 0.6) is 0 Å². The standard InChI is InChI=1S/C15H28N2O3/c1-17(10-6-2-5-9-16)13(18)11-15(12-14(19)20)7-3-4-8-15/h2-12,16H2,1H3,(H,19,20). The molecule has 20 heavy (non-hydrogen) atoms. The second kappa shape index (κ2) is 8.25. The fourth-order valence-electron chi connectivity index (χ4n) is 3.11. The number of carboxylic acid groups (broad SMARTS) is 1. The maximum absolute atomic E-state index is 12.3. The van der Waals surface area contributed by atoms with Gasteiger partial charge in [0.1, 0.15) is 0 Å².